The van der Waals surface area contributed by atoms with Crippen molar-refractivity contribution in [2.75, 3.05) is 5.32 Å². The Bertz CT molecular complexity index is 561. The van der Waals surface area contributed by atoms with Crippen LogP contribution in [0, 0.1) is 10.1 Å². The molecule has 11 heteroatoms. The van der Waals surface area contributed by atoms with Gasteiger partial charge in [0.15, 0.2) is 0 Å². The zero-order chi connectivity index (χ0) is 15.7. The molecule has 0 radical (unpaired) electrons. The molecule has 0 bridgehead atoms. The molecule has 1 aromatic rings. The summed E-state index contributed by atoms with van der Waals surface area (Å²) in [4.78, 5) is 20.4. The summed E-state index contributed by atoms with van der Waals surface area (Å²) in [6.07, 6.45) is -6.07. The van der Waals surface area contributed by atoms with E-state index in [1.54, 1.807) is 0 Å². The van der Waals surface area contributed by atoms with Crippen LogP contribution in [0.1, 0.15) is 0 Å². The number of nitro groups is 1. The summed E-state index contributed by atoms with van der Waals surface area (Å²) in [6.45, 7) is 0. The first-order chi connectivity index (χ1) is 8.96. The second kappa shape index (κ2) is 5.19. The van der Waals surface area contributed by atoms with Crippen LogP contribution in [0.15, 0.2) is 18.2 Å². The van der Waals surface area contributed by atoms with Crippen LogP contribution in [0.5, 0.6) is 0 Å². The van der Waals surface area contributed by atoms with E-state index in [0.717, 1.165) is 12.1 Å². The summed E-state index contributed by atoms with van der Waals surface area (Å²) in [5.41, 5.74) is -1.37. The maximum absolute atomic E-state index is 12.7. The smallest absolute Gasteiger partial charge is 0.320 e. The quantitative estimate of drug-likeness (QED) is 0.527. The van der Waals surface area contributed by atoms with Crippen LogP contribution in [0.3, 0.4) is 0 Å². The number of nitrogens with one attached hydrogen (secondary N) is 1. The van der Waals surface area contributed by atoms with Gasteiger partial charge in [0, 0.05) is 11.8 Å². The summed E-state index contributed by atoms with van der Waals surface area (Å²) in [6, 6.07) is 2.29. The van der Waals surface area contributed by atoms with Gasteiger partial charge in [-0.3, -0.25) is 14.9 Å². The van der Waals surface area contributed by atoms with E-state index < -0.39 is 34.3 Å². The number of anilines is 1. The van der Waals surface area contributed by atoms with E-state index in [0.29, 0.717) is 6.07 Å². The lowest BCUT2D eigenvalue weighted by molar-refractivity contribution is -0.384. The van der Waals surface area contributed by atoms with Gasteiger partial charge in [-0.1, -0.05) is 11.6 Å². The molecule has 1 N–H and O–H groups in total. The molecule has 0 heterocycles. The highest BCUT2D eigenvalue weighted by Crippen LogP contribution is 2.36. The number of halogens is 6. The van der Waals surface area contributed by atoms with Crippen LogP contribution < -0.4 is 5.32 Å². The first-order valence-electron chi connectivity index (χ1n) is 4.66. The van der Waals surface area contributed by atoms with Crippen molar-refractivity contribution in [2.24, 2.45) is 0 Å². The molecule has 1 rings (SSSR count). The van der Waals surface area contributed by atoms with Gasteiger partial charge in [0.25, 0.3) is 5.69 Å². The summed E-state index contributed by atoms with van der Waals surface area (Å²) in [5.74, 6) is -8.27. The van der Waals surface area contributed by atoms with Crippen LogP contribution in [0.4, 0.5) is 33.3 Å². The Labute approximate surface area is 112 Å². The number of benzene rings is 1. The third-order valence-corrected chi connectivity index (χ3v) is 2.36. The number of nitro benzene ring substituents is 1. The molecule has 0 fully saturated rings. The molecular weight excluding hydrogens is 315 g/mol. The van der Waals surface area contributed by atoms with Crippen molar-refractivity contribution in [3.8, 4) is 0 Å². The average Bonchev–Trinajstić information content (AvgIpc) is 2.29. The van der Waals surface area contributed by atoms with Crippen LogP contribution in [-0.2, 0) is 4.79 Å². The average molecular weight is 319 g/mol. The lowest BCUT2D eigenvalue weighted by Crippen LogP contribution is -2.47. The van der Waals surface area contributed by atoms with Gasteiger partial charge in [-0.05, 0) is 12.1 Å². The predicted molar refractivity (Wildman–Crippen MR) is 57.7 cm³/mol. The van der Waals surface area contributed by atoms with Gasteiger partial charge >= 0.3 is 18.0 Å². The third kappa shape index (κ3) is 3.13. The lowest BCUT2D eigenvalue weighted by atomic mass is 10.2. The van der Waals surface area contributed by atoms with E-state index in [9.17, 15) is 36.9 Å². The second-order valence-corrected chi connectivity index (χ2v) is 3.86. The van der Waals surface area contributed by atoms with Gasteiger partial charge in [-0.15, -0.1) is 0 Å². The Morgan fingerprint density at radius 2 is 1.80 bits per heavy atom. The maximum atomic E-state index is 12.7. The molecule has 0 unspecified atom stereocenters. The summed E-state index contributed by atoms with van der Waals surface area (Å²) in [5, 5.41) is 11.4. The Hall–Kier alpha value is -1.97. The minimum absolute atomic E-state index is 0.365. The number of nitrogens with zero attached hydrogens (tertiary/aromatic N) is 1. The van der Waals surface area contributed by atoms with Crippen molar-refractivity contribution in [1.82, 2.24) is 0 Å². The Morgan fingerprint density at radius 3 is 2.25 bits per heavy atom. The fraction of sp³-hybridized carbons (Fsp3) is 0.222. The monoisotopic (exact) mass is 318 g/mol. The number of hydrogen-bond acceptors (Lipinski definition) is 3. The fourth-order valence-electron chi connectivity index (χ4n) is 1.07. The molecule has 0 atom stereocenters. The maximum Gasteiger partial charge on any atom is 0.463 e. The van der Waals surface area contributed by atoms with E-state index in [2.05, 4.69) is 0 Å². The number of rotatable bonds is 3. The van der Waals surface area contributed by atoms with E-state index in [1.165, 1.54) is 5.32 Å². The van der Waals surface area contributed by atoms with Crippen molar-refractivity contribution in [2.45, 2.75) is 12.1 Å². The van der Waals surface area contributed by atoms with Gasteiger partial charge in [-0.2, -0.15) is 22.0 Å². The van der Waals surface area contributed by atoms with E-state index in [-0.39, 0.29) is 5.02 Å². The molecule has 0 aromatic heterocycles. The molecule has 0 saturated heterocycles. The molecule has 1 aromatic carbocycles. The van der Waals surface area contributed by atoms with Crippen molar-refractivity contribution in [3.05, 3.63) is 33.3 Å². The van der Waals surface area contributed by atoms with Crippen molar-refractivity contribution >= 4 is 28.9 Å². The van der Waals surface area contributed by atoms with Crippen molar-refractivity contribution in [1.29, 1.82) is 0 Å². The number of amides is 1. The third-order valence-electron chi connectivity index (χ3n) is 2.04. The topological polar surface area (TPSA) is 72.2 Å². The highest BCUT2D eigenvalue weighted by atomic mass is 35.5. The molecule has 110 valence electrons. The molecule has 0 aliphatic heterocycles. The number of hydrogen-bond donors (Lipinski definition) is 1. The predicted octanol–water partition coefficient (Wildman–Crippen LogP) is 3.38. The zero-order valence-corrected chi connectivity index (χ0v) is 9.93. The standard InChI is InChI=1S/C9H4ClF5N2O3/c10-5-2-1-4(3-6(5)17(19)20)16-7(18)8(11,12)9(13,14)15/h1-3H,(H,16,18). The SMILES string of the molecule is O=C(Nc1ccc(Cl)c([N+](=O)[O-])c1)C(F)(F)C(F)(F)F. The van der Waals surface area contributed by atoms with E-state index in [4.69, 9.17) is 11.6 Å². The van der Waals surface area contributed by atoms with Crippen LogP contribution in [-0.4, -0.2) is 22.9 Å². The number of carbonyl (C=O) groups excluding carboxylic acids is 1. The van der Waals surface area contributed by atoms with E-state index in [1.807, 2.05) is 0 Å². The van der Waals surface area contributed by atoms with Gasteiger partial charge in [0.05, 0.1) is 4.92 Å². The normalized spacial score (nSPS) is 12.1. The fourth-order valence-corrected chi connectivity index (χ4v) is 1.26. The molecule has 0 aliphatic carbocycles. The lowest BCUT2D eigenvalue weighted by Gasteiger charge is -2.18. The van der Waals surface area contributed by atoms with Crippen molar-refractivity contribution in [3.63, 3.8) is 0 Å². The minimum Gasteiger partial charge on any atom is -0.320 e. The van der Waals surface area contributed by atoms with Crippen LogP contribution in [0.25, 0.3) is 0 Å². The zero-order valence-electron chi connectivity index (χ0n) is 9.17. The Balaban J connectivity index is 3.03. The Kier molecular flexibility index (Phi) is 4.18. The largest absolute Gasteiger partial charge is 0.463 e. The molecule has 0 aliphatic rings. The minimum atomic E-state index is -6.07. The Morgan fingerprint density at radius 1 is 1.25 bits per heavy atom. The van der Waals surface area contributed by atoms with Crippen molar-refractivity contribution < 1.29 is 31.7 Å². The molecule has 20 heavy (non-hydrogen) atoms. The molecule has 1 amide bonds. The molecule has 0 saturated carbocycles. The molecular formula is C9H4ClF5N2O3. The van der Waals surface area contributed by atoms with Gasteiger partial charge in [-0.25, -0.2) is 0 Å². The molecule has 0 spiro atoms. The second-order valence-electron chi connectivity index (χ2n) is 3.45. The van der Waals surface area contributed by atoms with Crippen LogP contribution >= 0.6 is 11.6 Å². The van der Waals surface area contributed by atoms with Crippen LogP contribution in [0.2, 0.25) is 5.02 Å². The van der Waals surface area contributed by atoms with Gasteiger partial charge in [0.2, 0.25) is 0 Å². The highest BCUT2D eigenvalue weighted by molar-refractivity contribution is 6.32. The van der Waals surface area contributed by atoms with Gasteiger partial charge in [0.1, 0.15) is 5.02 Å². The van der Waals surface area contributed by atoms with E-state index >= 15 is 0 Å². The first-order valence-corrected chi connectivity index (χ1v) is 5.04. The summed E-state index contributed by atoms with van der Waals surface area (Å²) < 4.78 is 61.1. The summed E-state index contributed by atoms with van der Waals surface area (Å²) in [7, 11) is 0. The first kappa shape index (κ1) is 16.1. The summed E-state index contributed by atoms with van der Waals surface area (Å²) >= 11 is 5.41. The highest BCUT2D eigenvalue weighted by Gasteiger charge is 2.63. The van der Waals surface area contributed by atoms with Gasteiger partial charge < -0.3 is 5.32 Å². The number of alkyl halides is 5. The molecule has 5 nitrogen and oxygen atoms in total. The number of carbonyl (C=O) groups is 1.